The lowest BCUT2D eigenvalue weighted by molar-refractivity contribution is 0.0952. The molecule has 4 nitrogen and oxygen atoms in total. The molecule has 0 unspecified atom stereocenters. The average Bonchev–Trinajstić information content (AvgIpc) is 2.75. The highest BCUT2D eigenvalue weighted by atomic mass is 79.9. The number of phenols is 1. The van der Waals surface area contributed by atoms with Gasteiger partial charge in [0.1, 0.15) is 5.75 Å². The van der Waals surface area contributed by atoms with Gasteiger partial charge in [-0.15, -0.1) is 11.3 Å². The summed E-state index contributed by atoms with van der Waals surface area (Å²) in [6.45, 7) is 0.435. The predicted molar refractivity (Wildman–Crippen MR) is 75.7 cm³/mol. The van der Waals surface area contributed by atoms with Gasteiger partial charge in [-0.2, -0.15) is 0 Å². The van der Waals surface area contributed by atoms with E-state index in [1.165, 1.54) is 18.2 Å². The van der Waals surface area contributed by atoms with Crippen LogP contribution in [0, 0.1) is 0 Å². The molecular weight excluding hydrogens is 316 g/mol. The van der Waals surface area contributed by atoms with E-state index in [0.717, 1.165) is 8.66 Å². The fraction of sp³-hybridized carbons (Fsp3) is 0.0833. The molecule has 1 aromatic heterocycles. The molecule has 0 aliphatic heterocycles. The highest BCUT2D eigenvalue weighted by molar-refractivity contribution is 9.11. The number of carbonyl (C=O) groups is 1. The number of nitrogens with one attached hydrogen (secondary N) is 1. The number of nitrogen functional groups attached to an aromatic ring is 1. The van der Waals surface area contributed by atoms with Crippen LogP contribution in [0.25, 0.3) is 0 Å². The zero-order chi connectivity index (χ0) is 13.1. The van der Waals surface area contributed by atoms with Crippen LogP contribution in [-0.2, 0) is 6.54 Å². The molecule has 0 aliphatic rings. The van der Waals surface area contributed by atoms with E-state index in [2.05, 4.69) is 21.2 Å². The van der Waals surface area contributed by atoms with Crippen molar-refractivity contribution in [2.75, 3.05) is 5.73 Å². The molecule has 1 heterocycles. The minimum Gasteiger partial charge on any atom is -0.508 e. The largest absolute Gasteiger partial charge is 0.508 e. The SMILES string of the molecule is Nc1ccc(O)cc1C(=O)NCc1ccc(Br)s1. The Morgan fingerprint density at radius 3 is 2.83 bits per heavy atom. The van der Waals surface area contributed by atoms with Gasteiger partial charge >= 0.3 is 0 Å². The maximum absolute atomic E-state index is 11.9. The molecule has 0 aliphatic carbocycles. The molecule has 2 aromatic rings. The number of aromatic hydroxyl groups is 1. The van der Waals surface area contributed by atoms with Gasteiger partial charge in [0, 0.05) is 10.6 Å². The average molecular weight is 327 g/mol. The fourth-order valence-corrected chi connectivity index (χ4v) is 2.87. The van der Waals surface area contributed by atoms with Crippen LogP contribution in [0.1, 0.15) is 15.2 Å². The molecule has 6 heteroatoms. The topological polar surface area (TPSA) is 75.3 Å². The lowest BCUT2D eigenvalue weighted by atomic mass is 10.1. The zero-order valence-electron chi connectivity index (χ0n) is 9.31. The van der Waals surface area contributed by atoms with Gasteiger partial charge in [-0.3, -0.25) is 4.79 Å². The van der Waals surface area contributed by atoms with E-state index in [9.17, 15) is 9.90 Å². The Morgan fingerprint density at radius 1 is 1.39 bits per heavy atom. The second-order valence-electron chi connectivity index (χ2n) is 3.66. The number of amides is 1. The third kappa shape index (κ3) is 3.02. The number of phenolic OH excluding ortho intramolecular Hbond substituents is 1. The molecule has 0 radical (unpaired) electrons. The Balaban J connectivity index is 2.05. The lowest BCUT2D eigenvalue weighted by Crippen LogP contribution is -2.23. The van der Waals surface area contributed by atoms with Crippen LogP contribution >= 0.6 is 27.3 Å². The number of benzene rings is 1. The van der Waals surface area contributed by atoms with E-state index in [4.69, 9.17) is 5.73 Å². The van der Waals surface area contributed by atoms with Crippen LogP contribution < -0.4 is 11.1 Å². The van der Waals surface area contributed by atoms with E-state index in [0.29, 0.717) is 12.2 Å². The summed E-state index contributed by atoms with van der Waals surface area (Å²) in [6, 6.07) is 8.17. The van der Waals surface area contributed by atoms with Crippen molar-refractivity contribution >= 4 is 38.9 Å². The summed E-state index contributed by atoms with van der Waals surface area (Å²) in [7, 11) is 0. The van der Waals surface area contributed by atoms with Crippen LogP contribution in [0.4, 0.5) is 5.69 Å². The summed E-state index contributed by atoms with van der Waals surface area (Å²) in [6.07, 6.45) is 0. The quantitative estimate of drug-likeness (QED) is 0.599. The molecule has 18 heavy (non-hydrogen) atoms. The van der Waals surface area contributed by atoms with Crippen molar-refractivity contribution in [3.63, 3.8) is 0 Å². The maximum Gasteiger partial charge on any atom is 0.253 e. The lowest BCUT2D eigenvalue weighted by Gasteiger charge is -2.06. The first kappa shape index (κ1) is 12.9. The van der Waals surface area contributed by atoms with Crippen LogP contribution in [0.5, 0.6) is 5.75 Å². The second-order valence-corrected chi connectivity index (χ2v) is 6.21. The number of thiophene rings is 1. The van der Waals surface area contributed by atoms with Crippen LogP contribution in [0.15, 0.2) is 34.1 Å². The Hall–Kier alpha value is -1.53. The molecule has 1 amide bonds. The molecule has 1 aromatic carbocycles. The highest BCUT2D eigenvalue weighted by Crippen LogP contribution is 2.22. The molecule has 0 bridgehead atoms. The maximum atomic E-state index is 11.9. The normalized spacial score (nSPS) is 10.3. The van der Waals surface area contributed by atoms with Gasteiger partial charge in [-0.25, -0.2) is 0 Å². The Labute approximate surface area is 117 Å². The van der Waals surface area contributed by atoms with Crippen LogP contribution in [-0.4, -0.2) is 11.0 Å². The Morgan fingerprint density at radius 2 is 2.17 bits per heavy atom. The summed E-state index contributed by atoms with van der Waals surface area (Å²) in [5, 5.41) is 12.1. The first-order valence-electron chi connectivity index (χ1n) is 5.17. The summed E-state index contributed by atoms with van der Waals surface area (Å²) in [5.74, 6) is -0.277. The standard InChI is InChI=1S/C12H11BrN2O2S/c13-11-4-2-8(18-11)6-15-12(17)9-5-7(16)1-3-10(9)14/h1-5,16H,6,14H2,(H,15,17). The first-order valence-corrected chi connectivity index (χ1v) is 6.78. The van der Waals surface area contributed by atoms with Crippen molar-refractivity contribution in [1.29, 1.82) is 0 Å². The van der Waals surface area contributed by atoms with Gasteiger partial charge < -0.3 is 16.2 Å². The van der Waals surface area contributed by atoms with Crippen molar-refractivity contribution in [2.45, 2.75) is 6.54 Å². The summed E-state index contributed by atoms with van der Waals surface area (Å²) in [5.41, 5.74) is 6.31. The Bertz CT molecular complexity index is 583. The third-order valence-electron chi connectivity index (χ3n) is 2.33. The number of rotatable bonds is 3. The molecule has 94 valence electrons. The van der Waals surface area contributed by atoms with Gasteiger partial charge in [0.05, 0.1) is 15.9 Å². The predicted octanol–water partition coefficient (Wildman–Crippen LogP) is 2.73. The number of carbonyl (C=O) groups excluding carboxylic acids is 1. The minimum absolute atomic E-state index is 0.0215. The van der Waals surface area contributed by atoms with Crippen molar-refractivity contribution in [2.24, 2.45) is 0 Å². The number of hydrogen-bond donors (Lipinski definition) is 3. The molecule has 2 rings (SSSR count). The van der Waals surface area contributed by atoms with Crippen molar-refractivity contribution in [3.8, 4) is 5.75 Å². The summed E-state index contributed by atoms with van der Waals surface area (Å²) in [4.78, 5) is 12.9. The van der Waals surface area contributed by atoms with E-state index in [1.807, 2.05) is 12.1 Å². The highest BCUT2D eigenvalue weighted by Gasteiger charge is 2.10. The van der Waals surface area contributed by atoms with Crippen molar-refractivity contribution < 1.29 is 9.90 Å². The first-order chi connectivity index (χ1) is 8.56. The molecule has 0 fully saturated rings. The summed E-state index contributed by atoms with van der Waals surface area (Å²) < 4.78 is 1.02. The van der Waals surface area contributed by atoms with Crippen molar-refractivity contribution in [1.82, 2.24) is 5.32 Å². The van der Waals surface area contributed by atoms with Crippen molar-refractivity contribution in [3.05, 3.63) is 44.6 Å². The van der Waals surface area contributed by atoms with E-state index in [-0.39, 0.29) is 17.2 Å². The van der Waals surface area contributed by atoms with Gasteiger partial charge in [-0.1, -0.05) is 0 Å². The monoisotopic (exact) mass is 326 g/mol. The van der Waals surface area contributed by atoms with Gasteiger partial charge in [0.25, 0.3) is 5.91 Å². The van der Waals surface area contributed by atoms with Gasteiger partial charge in [-0.05, 0) is 46.3 Å². The molecule has 4 N–H and O–H groups in total. The Kier molecular flexibility index (Phi) is 3.88. The van der Waals surface area contributed by atoms with Crippen LogP contribution in [0.3, 0.4) is 0 Å². The number of hydrogen-bond acceptors (Lipinski definition) is 4. The van der Waals surface area contributed by atoms with Gasteiger partial charge in [0.15, 0.2) is 0 Å². The van der Waals surface area contributed by atoms with E-state index in [1.54, 1.807) is 11.3 Å². The molecule has 0 spiro atoms. The molecular formula is C12H11BrN2O2S. The number of nitrogens with two attached hydrogens (primary N) is 1. The van der Waals surface area contributed by atoms with Crippen LogP contribution in [0.2, 0.25) is 0 Å². The third-order valence-corrected chi connectivity index (χ3v) is 3.96. The number of anilines is 1. The molecule has 0 saturated carbocycles. The molecule has 0 atom stereocenters. The van der Waals surface area contributed by atoms with Gasteiger partial charge in [0.2, 0.25) is 0 Å². The smallest absolute Gasteiger partial charge is 0.253 e. The van der Waals surface area contributed by atoms with E-state index < -0.39 is 0 Å². The second kappa shape index (κ2) is 5.41. The van der Waals surface area contributed by atoms with E-state index >= 15 is 0 Å². The summed E-state index contributed by atoms with van der Waals surface area (Å²) >= 11 is 4.91. The minimum atomic E-state index is -0.298. The molecule has 0 saturated heterocycles. The number of halogens is 1. The zero-order valence-corrected chi connectivity index (χ0v) is 11.7. The fourth-order valence-electron chi connectivity index (χ4n) is 1.45.